The van der Waals surface area contributed by atoms with Gasteiger partial charge in [-0.15, -0.1) is 40.5 Å². The normalized spacial score (nSPS) is 12.5. The number of carbonyl (C=O) groups excluding carboxylic acids is 1. The molecule has 5 rings (SSSR count). The van der Waals surface area contributed by atoms with Crippen molar-refractivity contribution < 1.29 is 30.0 Å². The summed E-state index contributed by atoms with van der Waals surface area (Å²) < 4.78 is 1.37. The molecule has 0 aliphatic rings. The van der Waals surface area contributed by atoms with Gasteiger partial charge >= 0.3 is 0 Å². The van der Waals surface area contributed by atoms with Crippen molar-refractivity contribution in [2.75, 3.05) is 0 Å². The van der Waals surface area contributed by atoms with Crippen LogP contribution < -0.4 is 0 Å². The van der Waals surface area contributed by atoms with Crippen LogP contribution in [0.5, 0.6) is 0 Å². The molecule has 1 radical (unpaired) electrons. The van der Waals surface area contributed by atoms with Crippen LogP contribution in [0.25, 0.3) is 43.4 Å². The second-order valence-electron chi connectivity index (χ2n) is 15.7. The molecular formula is C45H57IrN2O2S-. The minimum Gasteiger partial charge on any atom is -0.512 e. The molecule has 0 fully saturated rings. The molecule has 1 N–H and O–H groups in total. The molecule has 0 bridgehead atoms. The van der Waals surface area contributed by atoms with Gasteiger partial charge in [0, 0.05) is 63.7 Å². The first-order valence-corrected chi connectivity index (χ1v) is 19.2. The average molecular weight is 882 g/mol. The number of aliphatic hydroxyl groups is 1. The van der Waals surface area contributed by atoms with Crippen LogP contribution in [0.2, 0.25) is 0 Å². The Morgan fingerprint density at radius 2 is 1.45 bits per heavy atom. The minimum atomic E-state index is -0.337. The standard InChI is InChI=1S/C30H29N2S.C15H28O2.Ir/c1-19(2)13-21-10-8-12-24-25(17-33-29(21)24)28-16-27(31-18-32-28)22-14-20-9-6-7-11-23(20)26(15-22)30(3,4)5;1-7-14(5,8-2)12(16)11-13(17)15(6,9-3)10-4;/h6-12,15-19H,13H2,1-5H3;11,16H,7-10H2,1-6H3;/q-1;;/b;12-11-;. The van der Waals surface area contributed by atoms with Crippen molar-refractivity contribution in [2.24, 2.45) is 16.7 Å². The molecule has 0 spiro atoms. The Hall–Kier alpha value is -3.18. The maximum absolute atomic E-state index is 12.2. The van der Waals surface area contributed by atoms with Crippen LogP contribution in [0, 0.1) is 22.8 Å². The maximum atomic E-state index is 12.2. The van der Waals surface area contributed by atoms with Crippen molar-refractivity contribution in [2.45, 2.75) is 114 Å². The number of fused-ring (bicyclic) bond motifs is 2. The third-order valence-electron chi connectivity index (χ3n) is 10.7. The van der Waals surface area contributed by atoms with Crippen LogP contribution in [-0.4, -0.2) is 20.9 Å². The molecule has 0 atom stereocenters. The van der Waals surface area contributed by atoms with Crippen molar-refractivity contribution in [3.8, 4) is 22.5 Å². The number of thiophene rings is 1. The second-order valence-corrected chi connectivity index (χ2v) is 16.5. The molecule has 0 saturated heterocycles. The largest absolute Gasteiger partial charge is 0.512 e. The van der Waals surface area contributed by atoms with E-state index in [-0.39, 0.29) is 47.9 Å². The number of rotatable bonds is 11. The van der Waals surface area contributed by atoms with Crippen LogP contribution >= 0.6 is 11.3 Å². The van der Waals surface area contributed by atoms with Crippen LogP contribution in [0.4, 0.5) is 0 Å². The number of carbonyl (C=O) groups is 1. The van der Waals surface area contributed by atoms with Crippen molar-refractivity contribution in [1.29, 1.82) is 0 Å². The van der Waals surface area contributed by atoms with E-state index in [0.29, 0.717) is 5.92 Å². The molecule has 4 nitrogen and oxygen atoms in total. The smallest absolute Gasteiger partial charge is 0.164 e. The Bertz CT molecular complexity index is 1960. The molecule has 0 aliphatic heterocycles. The fourth-order valence-corrected chi connectivity index (χ4v) is 7.33. The zero-order chi connectivity index (χ0) is 36.9. The van der Waals surface area contributed by atoms with Gasteiger partial charge in [0.05, 0.1) is 5.69 Å². The Labute approximate surface area is 324 Å². The molecule has 5 aromatic rings. The first-order chi connectivity index (χ1) is 23.6. The van der Waals surface area contributed by atoms with Gasteiger partial charge in [-0.3, -0.25) is 9.78 Å². The summed E-state index contributed by atoms with van der Waals surface area (Å²) in [5, 5.41) is 16.0. The van der Waals surface area contributed by atoms with Crippen LogP contribution in [0.3, 0.4) is 0 Å². The summed E-state index contributed by atoms with van der Waals surface area (Å²) in [6, 6.07) is 23.1. The van der Waals surface area contributed by atoms with Gasteiger partial charge in [0.2, 0.25) is 0 Å². The van der Waals surface area contributed by atoms with Gasteiger partial charge in [0.25, 0.3) is 0 Å². The predicted octanol–water partition coefficient (Wildman–Crippen LogP) is 13.1. The summed E-state index contributed by atoms with van der Waals surface area (Å²) in [7, 11) is 0. The van der Waals surface area contributed by atoms with E-state index in [9.17, 15) is 9.90 Å². The predicted molar refractivity (Wildman–Crippen MR) is 215 cm³/mol. The summed E-state index contributed by atoms with van der Waals surface area (Å²) in [6.07, 6.45) is 7.53. The topological polar surface area (TPSA) is 63.1 Å². The molecule has 0 amide bonds. The van der Waals surface area contributed by atoms with Gasteiger partial charge in [-0.25, -0.2) is 4.98 Å². The molecule has 51 heavy (non-hydrogen) atoms. The van der Waals surface area contributed by atoms with E-state index in [1.807, 2.05) is 52.9 Å². The Balaban J connectivity index is 0.000000335. The first-order valence-electron chi connectivity index (χ1n) is 18.3. The van der Waals surface area contributed by atoms with E-state index in [4.69, 9.17) is 0 Å². The van der Waals surface area contributed by atoms with Crippen LogP contribution in [0.15, 0.2) is 78.1 Å². The number of aliphatic hydroxyl groups excluding tert-OH is 1. The Morgan fingerprint density at radius 3 is 2.06 bits per heavy atom. The zero-order valence-electron chi connectivity index (χ0n) is 32.5. The quantitative estimate of drug-likeness (QED) is 0.0815. The summed E-state index contributed by atoms with van der Waals surface area (Å²) in [6.45, 7) is 23.4. The van der Waals surface area contributed by atoms with Crippen LogP contribution in [0.1, 0.15) is 113 Å². The van der Waals surface area contributed by atoms with Crippen molar-refractivity contribution in [1.82, 2.24) is 9.97 Å². The molecule has 3 aromatic carbocycles. The molecule has 0 unspecified atom stereocenters. The summed E-state index contributed by atoms with van der Waals surface area (Å²) in [5.74, 6) is 0.918. The fraction of sp³-hybridized carbons (Fsp3) is 0.444. The van der Waals surface area contributed by atoms with Gasteiger partial charge in [0.15, 0.2) is 5.78 Å². The molecule has 275 valence electrons. The van der Waals surface area contributed by atoms with Crippen LogP contribution in [-0.2, 0) is 36.7 Å². The van der Waals surface area contributed by atoms with Crippen molar-refractivity contribution in [3.63, 3.8) is 0 Å². The number of aromatic nitrogens is 2. The summed E-state index contributed by atoms with van der Waals surface area (Å²) in [5.41, 5.74) is 6.23. The Kier molecular flexibility index (Phi) is 14.5. The number of allylic oxidation sites excluding steroid dienone is 2. The van der Waals surface area contributed by atoms with Gasteiger partial charge in [-0.2, -0.15) is 0 Å². The summed E-state index contributed by atoms with van der Waals surface area (Å²) in [4.78, 5) is 21.5. The number of ketones is 1. The number of benzene rings is 3. The molecular weight excluding hydrogens is 825 g/mol. The number of nitrogens with zero attached hydrogens (tertiary/aromatic N) is 2. The fourth-order valence-electron chi connectivity index (χ4n) is 6.24. The second kappa shape index (κ2) is 17.6. The third kappa shape index (κ3) is 9.63. The van der Waals surface area contributed by atoms with E-state index in [0.717, 1.165) is 54.4 Å². The summed E-state index contributed by atoms with van der Waals surface area (Å²) >= 11 is 1.82. The molecule has 6 heteroatoms. The molecule has 2 heterocycles. The first kappa shape index (κ1) is 42.2. The van der Waals surface area contributed by atoms with Gasteiger partial charge in [-0.05, 0) is 55.1 Å². The average Bonchev–Trinajstić information content (AvgIpc) is 3.55. The van der Waals surface area contributed by atoms with E-state index >= 15 is 0 Å². The zero-order valence-corrected chi connectivity index (χ0v) is 35.7. The van der Waals surface area contributed by atoms with E-state index in [2.05, 4.69) is 111 Å². The van der Waals surface area contributed by atoms with Gasteiger partial charge in [-0.1, -0.05) is 124 Å². The minimum absolute atomic E-state index is 0. The SMILES string of the molecule is CC(C)Cc1cccc2c(-c3cc(-c4[c-]c5ccccc5c(C(C)(C)C)c4)ncn3)csc12.CCC(C)(CC)C(=O)/C=C(\O)C(C)(CC)CC.[Ir]. The van der Waals surface area contributed by atoms with Crippen molar-refractivity contribution >= 4 is 38.0 Å². The molecule has 2 aromatic heterocycles. The number of hydrogen-bond donors (Lipinski definition) is 1. The molecule has 0 aliphatic carbocycles. The van der Waals surface area contributed by atoms with Gasteiger partial charge in [0.1, 0.15) is 12.1 Å². The van der Waals surface area contributed by atoms with E-state index in [1.54, 1.807) is 6.33 Å². The maximum Gasteiger partial charge on any atom is 0.164 e. The van der Waals surface area contributed by atoms with E-state index < -0.39 is 0 Å². The number of hydrogen-bond acceptors (Lipinski definition) is 5. The van der Waals surface area contributed by atoms with Gasteiger partial charge < -0.3 is 5.11 Å². The van der Waals surface area contributed by atoms with E-state index in [1.165, 1.54) is 38.2 Å². The molecule has 0 saturated carbocycles. The monoisotopic (exact) mass is 882 g/mol. The van der Waals surface area contributed by atoms with Crippen molar-refractivity contribution in [3.05, 3.63) is 95.3 Å². The Morgan fingerprint density at radius 1 is 0.843 bits per heavy atom. The third-order valence-corrected chi connectivity index (χ3v) is 11.8.